The molecule has 0 aliphatic heterocycles. The Morgan fingerprint density at radius 1 is 1.17 bits per heavy atom. The predicted molar refractivity (Wildman–Crippen MR) is 113 cm³/mol. The van der Waals surface area contributed by atoms with Crippen LogP contribution in [0.3, 0.4) is 0 Å². The molecule has 5 nitrogen and oxygen atoms in total. The molecule has 29 heavy (non-hydrogen) atoms. The molecule has 0 radical (unpaired) electrons. The zero-order chi connectivity index (χ0) is 20.6. The minimum atomic E-state index is -0.535. The molecule has 4 aliphatic carbocycles. The molecule has 0 saturated heterocycles. The molecule has 6 heteroatoms. The van der Waals surface area contributed by atoms with Crippen LogP contribution in [0.1, 0.15) is 55.8 Å². The van der Waals surface area contributed by atoms with Gasteiger partial charge in [-0.25, -0.2) is 4.79 Å². The van der Waals surface area contributed by atoms with E-state index in [1.807, 2.05) is 12.3 Å². The Balaban J connectivity index is 1.33. The second kappa shape index (κ2) is 8.21. The maximum absolute atomic E-state index is 12.5. The van der Waals surface area contributed by atoms with E-state index in [-0.39, 0.29) is 24.0 Å². The molecule has 4 saturated carbocycles. The van der Waals surface area contributed by atoms with E-state index < -0.39 is 5.97 Å². The molecule has 4 bridgehead atoms. The van der Waals surface area contributed by atoms with E-state index >= 15 is 0 Å². The molecule has 1 aromatic rings. The van der Waals surface area contributed by atoms with Crippen molar-refractivity contribution in [2.75, 3.05) is 20.0 Å². The van der Waals surface area contributed by atoms with Crippen molar-refractivity contribution in [3.05, 3.63) is 23.8 Å². The lowest BCUT2D eigenvalue weighted by molar-refractivity contribution is -0.128. The number of nitrogens with one attached hydrogen (secondary N) is 1. The van der Waals surface area contributed by atoms with Crippen LogP contribution < -0.4 is 10.1 Å². The van der Waals surface area contributed by atoms with E-state index in [0.717, 1.165) is 22.6 Å². The highest BCUT2D eigenvalue weighted by atomic mass is 32.2. The fourth-order valence-corrected chi connectivity index (χ4v) is 6.75. The van der Waals surface area contributed by atoms with Crippen molar-refractivity contribution in [2.45, 2.75) is 56.4 Å². The Bertz CT molecular complexity index is 758. The lowest BCUT2D eigenvalue weighted by Gasteiger charge is -2.59. The Kier molecular flexibility index (Phi) is 5.83. The van der Waals surface area contributed by atoms with Crippen LogP contribution in [0.15, 0.2) is 23.1 Å². The van der Waals surface area contributed by atoms with E-state index in [1.54, 1.807) is 23.9 Å². The molecule has 1 amide bonds. The number of thioether (sulfide) groups is 1. The van der Waals surface area contributed by atoms with Gasteiger partial charge >= 0.3 is 5.97 Å². The normalized spacial score (nSPS) is 30.7. The summed E-state index contributed by atoms with van der Waals surface area (Å²) in [7, 11) is 1.52. The average Bonchev–Trinajstić information content (AvgIpc) is 2.70. The number of carbonyl (C=O) groups is 2. The number of benzene rings is 1. The SMILES string of the molecule is COc1cc(SC)ccc1C(=O)OCC(=O)N[C@H](C)C12CC3CC(CC(C3)C1)C2. The standard InChI is InChI=1S/C23H31NO4S/c1-14(23-10-15-6-16(11-23)8-17(7-15)12-23)24-21(25)13-28-22(26)19-5-4-18(29-3)9-20(19)27-2/h4-5,9,14-17H,6-8,10-13H2,1-3H3,(H,24,25)/t14-,15?,16?,17?,23?/m1/s1. The maximum Gasteiger partial charge on any atom is 0.342 e. The summed E-state index contributed by atoms with van der Waals surface area (Å²) in [6.07, 6.45) is 9.82. The molecule has 1 N–H and O–H groups in total. The van der Waals surface area contributed by atoms with Crippen LogP contribution in [-0.4, -0.2) is 37.9 Å². The van der Waals surface area contributed by atoms with Crippen LogP contribution in [0.2, 0.25) is 0 Å². The molecular weight excluding hydrogens is 386 g/mol. The number of rotatable bonds is 7. The number of methoxy groups -OCH3 is 1. The summed E-state index contributed by atoms with van der Waals surface area (Å²) in [5, 5.41) is 3.14. The van der Waals surface area contributed by atoms with Crippen molar-refractivity contribution in [1.82, 2.24) is 5.32 Å². The summed E-state index contributed by atoms with van der Waals surface area (Å²) in [6, 6.07) is 5.45. The first kappa shape index (κ1) is 20.6. The van der Waals surface area contributed by atoms with Crippen molar-refractivity contribution >= 4 is 23.6 Å². The molecule has 1 aromatic carbocycles. The van der Waals surface area contributed by atoms with Crippen LogP contribution in [-0.2, 0) is 9.53 Å². The van der Waals surface area contributed by atoms with E-state index in [0.29, 0.717) is 11.3 Å². The second-order valence-corrected chi connectivity index (χ2v) is 10.1. The minimum absolute atomic E-state index is 0.123. The fraction of sp³-hybridized carbons (Fsp3) is 0.652. The Hall–Kier alpha value is -1.69. The lowest BCUT2D eigenvalue weighted by atomic mass is 9.48. The summed E-state index contributed by atoms with van der Waals surface area (Å²) < 4.78 is 10.6. The van der Waals surface area contributed by atoms with Crippen molar-refractivity contribution in [1.29, 1.82) is 0 Å². The highest BCUT2D eigenvalue weighted by molar-refractivity contribution is 7.98. The smallest absolute Gasteiger partial charge is 0.342 e. The monoisotopic (exact) mass is 417 g/mol. The molecule has 0 aromatic heterocycles. The van der Waals surface area contributed by atoms with Crippen LogP contribution in [0.5, 0.6) is 5.75 Å². The molecule has 4 aliphatic rings. The third-order valence-electron chi connectivity index (χ3n) is 7.34. The van der Waals surface area contributed by atoms with Gasteiger partial charge in [0.15, 0.2) is 6.61 Å². The summed E-state index contributed by atoms with van der Waals surface area (Å²) in [6.45, 7) is 1.88. The second-order valence-electron chi connectivity index (χ2n) is 9.21. The Morgan fingerprint density at radius 3 is 2.34 bits per heavy atom. The molecule has 5 rings (SSSR count). The van der Waals surface area contributed by atoms with Crippen molar-refractivity contribution in [3.8, 4) is 5.75 Å². The van der Waals surface area contributed by atoms with Gasteiger partial charge in [-0.05, 0) is 93.1 Å². The third kappa shape index (κ3) is 4.14. The number of hydrogen-bond donors (Lipinski definition) is 1. The predicted octanol–water partition coefficient (Wildman–Crippen LogP) is 4.30. The Labute approximate surface area is 177 Å². The molecule has 1 atom stereocenters. The van der Waals surface area contributed by atoms with Gasteiger partial charge in [0.25, 0.3) is 5.91 Å². The van der Waals surface area contributed by atoms with Crippen LogP contribution >= 0.6 is 11.8 Å². The average molecular weight is 418 g/mol. The van der Waals surface area contributed by atoms with Gasteiger partial charge in [0.1, 0.15) is 11.3 Å². The first-order valence-electron chi connectivity index (χ1n) is 10.6. The van der Waals surface area contributed by atoms with Crippen LogP contribution in [0.4, 0.5) is 0 Å². The van der Waals surface area contributed by atoms with Crippen molar-refractivity contribution in [3.63, 3.8) is 0 Å². The summed E-state index contributed by atoms with van der Waals surface area (Å²) in [5.41, 5.74) is 0.581. The zero-order valence-electron chi connectivity index (χ0n) is 17.5. The van der Waals surface area contributed by atoms with Gasteiger partial charge in [0.05, 0.1) is 7.11 Å². The molecule has 158 valence electrons. The van der Waals surface area contributed by atoms with Crippen molar-refractivity contribution < 1.29 is 19.1 Å². The molecule has 0 heterocycles. The third-order valence-corrected chi connectivity index (χ3v) is 8.07. The van der Waals surface area contributed by atoms with Gasteiger partial charge in [-0.15, -0.1) is 11.8 Å². The quantitative estimate of drug-likeness (QED) is 0.529. The Morgan fingerprint density at radius 2 is 1.79 bits per heavy atom. The summed E-state index contributed by atoms with van der Waals surface area (Å²) in [4.78, 5) is 26.0. The van der Waals surface area contributed by atoms with Gasteiger partial charge in [0, 0.05) is 10.9 Å². The van der Waals surface area contributed by atoms with E-state index in [9.17, 15) is 9.59 Å². The van der Waals surface area contributed by atoms with Gasteiger partial charge in [-0.2, -0.15) is 0 Å². The lowest BCUT2D eigenvalue weighted by Crippen LogP contribution is -2.56. The first-order valence-corrected chi connectivity index (χ1v) is 11.8. The number of amides is 1. The zero-order valence-corrected chi connectivity index (χ0v) is 18.3. The van der Waals surface area contributed by atoms with E-state index in [1.165, 1.54) is 45.6 Å². The number of esters is 1. The van der Waals surface area contributed by atoms with E-state index in [4.69, 9.17) is 9.47 Å². The van der Waals surface area contributed by atoms with Crippen molar-refractivity contribution in [2.24, 2.45) is 23.2 Å². The van der Waals surface area contributed by atoms with Gasteiger partial charge < -0.3 is 14.8 Å². The largest absolute Gasteiger partial charge is 0.496 e. The minimum Gasteiger partial charge on any atom is -0.496 e. The first-order chi connectivity index (χ1) is 13.9. The molecular formula is C23H31NO4S. The molecule has 0 unspecified atom stereocenters. The number of ether oxygens (including phenoxy) is 2. The van der Waals surface area contributed by atoms with Gasteiger partial charge in [-0.3, -0.25) is 4.79 Å². The van der Waals surface area contributed by atoms with Gasteiger partial charge in [-0.1, -0.05) is 0 Å². The molecule has 4 fully saturated rings. The van der Waals surface area contributed by atoms with Crippen LogP contribution in [0.25, 0.3) is 0 Å². The highest BCUT2D eigenvalue weighted by Crippen LogP contribution is 2.61. The topological polar surface area (TPSA) is 64.6 Å². The summed E-state index contributed by atoms with van der Waals surface area (Å²) in [5.74, 6) is 2.23. The molecule has 0 spiro atoms. The van der Waals surface area contributed by atoms with Gasteiger partial charge in [0.2, 0.25) is 0 Å². The highest BCUT2D eigenvalue weighted by Gasteiger charge is 2.53. The number of hydrogen-bond acceptors (Lipinski definition) is 5. The van der Waals surface area contributed by atoms with E-state index in [2.05, 4.69) is 12.2 Å². The maximum atomic E-state index is 12.5. The number of carbonyl (C=O) groups excluding carboxylic acids is 2. The fourth-order valence-electron chi connectivity index (χ4n) is 6.32. The summed E-state index contributed by atoms with van der Waals surface area (Å²) >= 11 is 1.57. The van der Waals surface area contributed by atoms with Crippen LogP contribution in [0, 0.1) is 23.2 Å².